The van der Waals surface area contributed by atoms with Gasteiger partial charge in [-0.25, -0.2) is 0 Å². The Morgan fingerprint density at radius 3 is 2.20 bits per heavy atom. The molecule has 1 aliphatic heterocycles. The fraction of sp³-hybridized carbons (Fsp3) is 0.571. The molecule has 0 radical (unpaired) electrons. The predicted molar refractivity (Wildman–Crippen MR) is 73.0 cm³/mol. The largest absolute Gasteiger partial charge is 1.00 e. The minimum atomic E-state index is 0. The van der Waals surface area contributed by atoms with Gasteiger partial charge < -0.3 is 31.9 Å². The van der Waals surface area contributed by atoms with Gasteiger partial charge in [0.15, 0.2) is 11.5 Å². The second-order valence-electron chi connectivity index (χ2n) is 4.64. The van der Waals surface area contributed by atoms with Gasteiger partial charge in [-0.15, -0.1) is 0 Å². The second kappa shape index (κ2) is 8.19. The molecule has 0 bridgehead atoms. The summed E-state index contributed by atoms with van der Waals surface area (Å²) in [5, 5.41) is 2.35. The molecule has 5 nitrogen and oxygen atoms in total. The van der Waals surface area contributed by atoms with Crippen LogP contribution in [0.25, 0.3) is 0 Å². The van der Waals surface area contributed by atoms with E-state index in [2.05, 4.69) is 16.3 Å². The Morgan fingerprint density at radius 1 is 1.00 bits per heavy atom. The molecular weight excluding hydrogens is 280 g/mol. The summed E-state index contributed by atoms with van der Waals surface area (Å²) < 4.78 is 16.2. The molecule has 1 aromatic rings. The standard InChI is InChI=1S/C14H22N2O3.ClH/c1-17-12-5-4-11(13(18-2)14(12)19-3)10-16-8-6-15-7-9-16;/h4-5,15H,6-10H2,1-3H3;1H. The zero-order chi connectivity index (χ0) is 13.7. The normalized spacial score (nSPS) is 15.3. The Morgan fingerprint density at radius 2 is 1.65 bits per heavy atom. The molecule has 0 spiro atoms. The summed E-state index contributed by atoms with van der Waals surface area (Å²) in [6.45, 7) is 5.43. The van der Waals surface area contributed by atoms with Gasteiger partial charge in [0.25, 0.3) is 0 Å². The van der Waals surface area contributed by atoms with E-state index in [1.165, 1.54) is 0 Å². The third-order valence-corrected chi connectivity index (χ3v) is 3.48. The molecule has 1 aliphatic rings. The van der Waals surface area contributed by atoms with E-state index in [9.17, 15) is 0 Å². The van der Waals surface area contributed by atoms with Gasteiger partial charge in [0.1, 0.15) is 0 Å². The lowest BCUT2D eigenvalue weighted by molar-refractivity contribution is -0.663. The Kier molecular flexibility index (Phi) is 6.91. The second-order valence-corrected chi connectivity index (χ2v) is 4.64. The number of quaternary nitrogens is 1. The highest BCUT2D eigenvalue weighted by molar-refractivity contribution is 5.55. The highest BCUT2D eigenvalue weighted by atomic mass is 35.5. The van der Waals surface area contributed by atoms with Gasteiger partial charge in [0.2, 0.25) is 5.75 Å². The van der Waals surface area contributed by atoms with Crippen molar-refractivity contribution in [3.8, 4) is 17.2 Å². The lowest BCUT2D eigenvalue weighted by atomic mass is 10.1. The molecule has 0 atom stereocenters. The topological polar surface area (TPSA) is 47.5 Å². The molecule has 1 aromatic carbocycles. The molecule has 0 aliphatic carbocycles. The summed E-state index contributed by atoms with van der Waals surface area (Å²) >= 11 is 0. The summed E-state index contributed by atoms with van der Waals surface area (Å²) in [7, 11) is 4.95. The lowest BCUT2D eigenvalue weighted by Gasteiger charge is -2.26. The number of nitrogens with zero attached hydrogens (tertiary/aromatic N) is 1. The van der Waals surface area contributed by atoms with Crippen molar-refractivity contribution in [2.45, 2.75) is 6.54 Å². The van der Waals surface area contributed by atoms with Crippen LogP contribution >= 0.6 is 0 Å². The first-order chi connectivity index (χ1) is 9.30. The summed E-state index contributed by atoms with van der Waals surface area (Å²) in [6, 6.07) is 3.99. The van der Waals surface area contributed by atoms with Gasteiger partial charge in [-0.05, 0) is 6.07 Å². The van der Waals surface area contributed by atoms with Gasteiger partial charge in [-0.1, -0.05) is 6.07 Å². The van der Waals surface area contributed by atoms with E-state index in [1.807, 2.05) is 6.07 Å². The first-order valence-corrected chi connectivity index (χ1v) is 6.62. The molecule has 2 rings (SSSR count). The van der Waals surface area contributed by atoms with E-state index >= 15 is 0 Å². The monoisotopic (exact) mass is 302 g/mol. The van der Waals surface area contributed by atoms with Crippen LogP contribution in [-0.4, -0.2) is 52.4 Å². The van der Waals surface area contributed by atoms with Crippen LogP contribution in [0.2, 0.25) is 0 Å². The number of hydrogen-bond acceptors (Lipinski definition) is 4. The van der Waals surface area contributed by atoms with Crippen molar-refractivity contribution in [3.63, 3.8) is 0 Å². The molecule has 1 saturated heterocycles. The van der Waals surface area contributed by atoms with E-state index in [4.69, 9.17) is 14.2 Å². The van der Waals surface area contributed by atoms with Gasteiger partial charge in [-0.2, -0.15) is 0 Å². The fourth-order valence-corrected chi connectivity index (χ4v) is 2.49. The molecule has 2 N–H and O–H groups in total. The first kappa shape index (κ1) is 16.9. The zero-order valence-electron chi connectivity index (χ0n) is 12.3. The molecule has 1 fully saturated rings. The molecule has 0 amide bonds. The minimum absolute atomic E-state index is 0. The molecule has 0 unspecified atom stereocenters. The number of rotatable bonds is 5. The van der Waals surface area contributed by atoms with Crippen molar-refractivity contribution in [3.05, 3.63) is 17.7 Å². The van der Waals surface area contributed by atoms with Gasteiger partial charge >= 0.3 is 0 Å². The highest BCUT2D eigenvalue weighted by Crippen LogP contribution is 2.40. The fourth-order valence-electron chi connectivity index (χ4n) is 2.49. The third-order valence-electron chi connectivity index (χ3n) is 3.48. The zero-order valence-corrected chi connectivity index (χ0v) is 13.1. The van der Waals surface area contributed by atoms with Crippen LogP contribution in [0.15, 0.2) is 12.1 Å². The first-order valence-electron chi connectivity index (χ1n) is 6.62. The molecule has 20 heavy (non-hydrogen) atoms. The van der Waals surface area contributed by atoms with E-state index in [1.54, 1.807) is 21.3 Å². The Balaban J connectivity index is 0.00000200. The van der Waals surface area contributed by atoms with Gasteiger partial charge in [0, 0.05) is 25.2 Å². The van der Waals surface area contributed by atoms with Crippen molar-refractivity contribution < 1.29 is 31.9 Å². The Hall–Kier alpha value is -1.17. The minimum Gasteiger partial charge on any atom is -1.00 e. The van der Waals surface area contributed by atoms with E-state index < -0.39 is 0 Å². The SMILES string of the molecule is COc1ccc(CN2CC[NH2+]CC2)c(OC)c1OC.[Cl-]. The van der Waals surface area contributed by atoms with Crippen LogP contribution in [0.4, 0.5) is 0 Å². The molecular formula is C14H23ClN2O3. The quantitative estimate of drug-likeness (QED) is 0.634. The predicted octanol–water partition coefficient (Wildman–Crippen LogP) is -2.90. The van der Waals surface area contributed by atoms with E-state index in [0.29, 0.717) is 11.5 Å². The summed E-state index contributed by atoms with van der Waals surface area (Å²) in [5.41, 5.74) is 1.14. The van der Waals surface area contributed by atoms with Crippen molar-refractivity contribution in [2.24, 2.45) is 0 Å². The average Bonchev–Trinajstić information content (AvgIpc) is 2.47. The number of benzene rings is 1. The number of methoxy groups -OCH3 is 3. The summed E-state index contributed by atoms with van der Waals surface area (Å²) in [6.07, 6.45) is 0. The number of nitrogens with two attached hydrogens (primary N) is 1. The van der Waals surface area contributed by atoms with Gasteiger partial charge in [-0.3, -0.25) is 4.90 Å². The maximum Gasteiger partial charge on any atom is 0.203 e. The van der Waals surface area contributed by atoms with Crippen LogP contribution in [0.1, 0.15) is 5.56 Å². The maximum atomic E-state index is 5.51. The van der Waals surface area contributed by atoms with Crippen LogP contribution < -0.4 is 31.9 Å². The van der Waals surface area contributed by atoms with Crippen molar-refractivity contribution in [2.75, 3.05) is 47.5 Å². The van der Waals surface area contributed by atoms with Crippen molar-refractivity contribution in [1.82, 2.24) is 4.90 Å². The molecule has 6 heteroatoms. The molecule has 0 saturated carbocycles. The molecule has 114 valence electrons. The van der Waals surface area contributed by atoms with Gasteiger partial charge in [0.05, 0.1) is 34.4 Å². The van der Waals surface area contributed by atoms with E-state index in [-0.39, 0.29) is 12.4 Å². The lowest BCUT2D eigenvalue weighted by Crippen LogP contribution is -3.00. The van der Waals surface area contributed by atoms with Crippen molar-refractivity contribution in [1.29, 1.82) is 0 Å². The van der Waals surface area contributed by atoms with Crippen LogP contribution in [0, 0.1) is 0 Å². The molecule has 1 heterocycles. The van der Waals surface area contributed by atoms with Crippen molar-refractivity contribution >= 4 is 0 Å². The smallest absolute Gasteiger partial charge is 0.203 e. The summed E-state index contributed by atoms with van der Waals surface area (Å²) in [5.74, 6) is 2.15. The number of ether oxygens (including phenoxy) is 3. The molecule has 0 aromatic heterocycles. The average molecular weight is 303 g/mol. The van der Waals surface area contributed by atoms with Crippen LogP contribution in [-0.2, 0) is 6.54 Å². The third kappa shape index (κ3) is 3.69. The Bertz CT molecular complexity index is 423. The number of piperazine rings is 1. The number of hydrogen-bond donors (Lipinski definition) is 1. The van der Waals surface area contributed by atoms with Crippen LogP contribution in [0.3, 0.4) is 0 Å². The summed E-state index contributed by atoms with van der Waals surface area (Å²) in [4.78, 5) is 2.43. The van der Waals surface area contributed by atoms with Crippen LogP contribution in [0.5, 0.6) is 17.2 Å². The maximum absolute atomic E-state index is 5.51. The van der Waals surface area contributed by atoms with E-state index in [0.717, 1.165) is 44.0 Å². The number of halogens is 1. The Labute approximate surface area is 126 Å². The highest BCUT2D eigenvalue weighted by Gasteiger charge is 2.19.